The molecule has 1 aromatic rings. The second-order valence-electron chi connectivity index (χ2n) is 5.98. The van der Waals surface area contributed by atoms with E-state index in [1.165, 1.54) is 0 Å². The van der Waals surface area contributed by atoms with Crippen LogP contribution in [0.3, 0.4) is 0 Å². The van der Waals surface area contributed by atoms with Crippen LogP contribution in [0.4, 0.5) is 0 Å². The molecule has 2 aliphatic rings. The Labute approximate surface area is 124 Å². The summed E-state index contributed by atoms with van der Waals surface area (Å²) >= 11 is 0. The molecule has 1 aromatic carbocycles. The maximum atomic E-state index is 10.3. The summed E-state index contributed by atoms with van der Waals surface area (Å²) in [6, 6.07) is 5.51. The largest absolute Gasteiger partial charge is 0.486 e. The van der Waals surface area contributed by atoms with Crippen molar-refractivity contribution in [2.45, 2.75) is 37.4 Å². The average Bonchev–Trinajstić information content (AvgIpc) is 2.93. The predicted octanol–water partition coefficient (Wildman–Crippen LogP) is 1.39. The second-order valence-corrected chi connectivity index (χ2v) is 5.98. The van der Waals surface area contributed by atoms with Crippen LogP contribution in [0.25, 0.3) is 0 Å². The number of ether oxygens (including phenoxy) is 2. The van der Waals surface area contributed by atoms with Gasteiger partial charge in [-0.1, -0.05) is 18.9 Å². The molecular weight excluding hydrogens is 270 g/mol. The summed E-state index contributed by atoms with van der Waals surface area (Å²) in [5, 5.41) is 23.7. The quantitative estimate of drug-likeness (QED) is 0.765. The molecule has 3 N–H and O–H groups in total. The molecular formula is C16H23NO4. The van der Waals surface area contributed by atoms with Gasteiger partial charge in [-0.2, -0.15) is 0 Å². The summed E-state index contributed by atoms with van der Waals surface area (Å²) in [5.41, 5.74) is 0.206. The van der Waals surface area contributed by atoms with Gasteiger partial charge in [0.25, 0.3) is 0 Å². The van der Waals surface area contributed by atoms with Gasteiger partial charge in [-0.15, -0.1) is 0 Å². The lowest BCUT2D eigenvalue weighted by atomic mass is 10.0. The van der Waals surface area contributed by atoms with E-state index in [1.54, 1.807) is 0 Å². The summed E-state index contributed by atoms with van der Waals surface area (Å²) in [6.45, 7) is 2.06. The Balaban J connectivity index is 1.54. The molecule has 0 spiro atoms. The average molecular weight is 293 g/mol. The third kappa shape index (κ3) is 3.48. The van der Waals surface area contributed by atoms with E-state index in [9.17, 15) is 10.2 Å². The van der Waals surface area contributed by atoms with Gasteiger partial charge in [0.2, 0.25) is 0 Å². The maximum absolute atomic E-state index is 10.3. The Kier molecular flexibility index (Phi) is 4.33. The Hall–Kier alpha value is -1.30. The summed E-state index contributed by atoms with van der Waals surface area (Å²) in [7, 11) is 0. The monoisotopic (exact) mass is 293 g/mol. The van der Waals surface area contributed by atoms with Gasteiger partial charge in [0.15, 0.2) is 11.5 Å². The zero-order chi connectivity index (χ0) is 14.7. The van der Waals surface area contributed by atoms with Crippen molar-refractivity contribution in [3.8, 4) is 11.5 Å². The highest BCUT2D eigenvalue weighted by Crippen LogP contribution is 2.32. The van der Waals surface area contributed by atoms with Crippen molar-refractivity contribution < 1.29 is 19.7 Å². The molecule has 1 aliphatic heterocycles. The Morgan fingerprint density at radius 1 is 1.14 bits per heavy atom. The predicted molar refractivity (Wildman–Crippen MR) is 78.7 cm³/mol. The number of nitrogens with one attached hydrogen (secondary N) is 1. The minimum Gasteiger partial charge on any atom is -0.486 e. The Morgan fingerprint density at radius 2 is 1.86 bits per heavy atom. The molecule has 0 aromatic heterocycles. The third-order valence-electron chi connectivity index (χ3n) is 4.28. The lowest BCUT2D eigenvalue weighted by molar-refractivity contribution is 0.0438. The van der Waals surface area contributed by atoms with Crippen LogP contribution in [-0.4, -0.2) is 42.1 Å². The molecule has 0 bridgehead atoms. The van der Waals surface area contributed by atoms with Crippen LogP contribution in [0, 0.1) is 0 Å². The van der Waals surface area contributed by atoms with Crippen molar-refractivity contribution in [1.82, 2.24) is 5.32 Å². The highest BCUT2D eigenvalue weighted by Gasteiger charge is 2.30. The van der Waals surface area contributed by atoms with Gasteiger partial charge in [-0.05, 0) is 30.5 Å². The van der Waals surface area contributed by atoms with Gasteiger partial charge in [0.05, 0.1) is 11.7 Å². The zero-order valence-electron chi connectivity index (χ0n) is 12.2. The molecule has 1 heterocycles. The number of fused-ring (bicyclic) bond motifs is 1. The molecule has 0 saturated heterocycles. The summed E-state index contributed by atoms with van der Waals surface area (Å²) in [4.78, 5) is 0. The molecule has 1 fully saturated rings. The first-order chi connectivity index (χ1) is 10.2. The lowest BCUT2D eigenvalue weighted by Crippen LogP contribution is -2.39. The molecule has 1 saturated carbocycles. The molecule has 1 unspecified atom stereocenters. The fourth-order valence-electron chi connectivity index (χ4n) is 3.04. The smallest absolute Gasteiger partial charge is 0.161 e. The lowest BCUT2D eigenvalue weighted by Gasteiger charge is -2.24. The van der Waals surface area contributed by atoms with Gasteiger partial charge < -0.3 is 25.0 Å². The van der Waals surface area contributed by atoms with E-state index >= 15 is 0 Å². The summed E-state index contributed by atoms with van der Waals surface area (Å²) < 4.78 is 11.0. The van der Waals surface area contributed by atoms with Crippen molar-refractivity contribution in [1.29, 1.82) is 0 Å². The van der Waals surface area contributed by atoms with E-state index in [2.05, 4.69) is 5.32 Å². The van der Waals surface area contributed by atoms with Crippen molar-refractivity contribution in [2.75, 3.05) is 26.3 Å². The second kappa shape index (κ2) is 6.22. The first-order valence-electron chi connectivity index (χ1n) is 7.67. The van der Waals surface area contributed by atoms with Crippen molar-refractivity contribution in [2.24, 2.45) is 0 Å². The highest BCUT2D eigenvalue weighted by molar-refractivity contribution is 5.44. The number of rotatable bonds is 5. The van der Waals surface area contributed by atoms with E-state index < -0.39 is 11.7 Å². The number of hydrogen-bond donors (Lipinski definition) is 3. The van der Waals surface area contributed by atoms with Gasteiger partial charge in [0.1, 0.15) is 13.2 Å². The van der Waals surface area contributed by atoms with Crippen LogP contribution < -0.4 is 14.8 Å². The van der Waals surface area contributed by atoms with Crippen molar-refractivity contribution in [3.63, 3.8) is 0 Å². The van der Waals surface area contributed by atoms with Crippen LogP contribution in [0.15, 0.2) is 18.2 Å². The van der Waals surface area contributed by atoms with E-state index in [4.69, 9.17) is 9.47 Å². The van der Waals surface area contributed by atoms with Crippen LogP contribution in [-0.2, 0) is 0 Å². The molecule has 1 aliphatic carbocycles. The number of aliphatic hydroxyl groups is 2. The fraction of sp³-hybridized carbons (Fsp3) is 0.625. The minimum atomic E-state index is -0.620. The van der Waals surface area contributed by atoms with Gasteiger partial charge >= 0.3 is 0 Å². The third-order valence-corrected chi connectivity index (χ3v) is 4.28. The fourth-order valence-corrected chi connectivity index (χ4v) is 3.04. The normalized spacial score (nSPS) is 21.2. The Morgan fingerprint density at radius 3 is 2.62 bits per heavy atom. The van der Waals surface area contributed by atoms with E-state index in [-0.39, 0.29) is 0 Å². The number of benzene rings is 1. The SMILES string of the molecule is OC(CNCC1(O)CCCC1)c1ccc2c(c1)OCCO2. The topological polar surface area (TPSA) is 71.0 Å². The molecule has 5 nitrogen and oxygen atoms in total. The highest BCUT2D eigenvalue weighted by atomic mass is 16.6. The minimum absolute atomic E-state index is 0.419. The van der Waals surface area contributed by atoms with E-state index in [0.717, 1.165) is 37.0 Å². The first-order valence-corrected chi connectivity index (χ1v) is 7.67. The van der Waals surface area contributed by atoms with Crippen molar-refractivity contribution in [3.05, 3.63) is 23.8 Å². The Bertz CT molecular complexity index is 485. The maximum Gasteiger partial charge on any atom is 0.161 e. The van der Waals surface area contributed by atoms with Crippen LogP contribution in [0.1, 0.15) is 37.4 Å². The van der Waals surface area contributed by atoms with E-state index in [0.29, 0.717) is 32.1 Å². The van der Waals surface area contributed by atoms with Crippen LogP contribution in [0.2, 0.25) is 0 Å². The van der Waals surface area contributed by atoms with Crippen molar-refractivity contribution >= 4 is 0 Å². The van der Waals surface area contributed by atoms with Gasteiger partial charge in [0, 0.05) is 13.1 Å². The molecule has 0 radical (unpaired) electrons. The van der Waals surface area contributed by atoms with Crippen LogP contribution >= 0.6 is 0 Å². The molecule has 116 valence electrons. The number of aliphatic hydroxyl groups excluding tert-OH is 1. The van der Waals surface area contributed by atoms with E-state index in [1.807, 2.05) is 18.2 Å². The molecule has 21 heavy (non-hydrogen) atoms. The standard InChI is InChI=1S/C16H23NO4/c18-13(10-17-11-16(19)5-1-2-6-16)12-3-4-14-15(9-12)21-8-7-20-14/h3-4,9,13,17-19H,1-2,5-8,10-11H2. The molecule has 3 rings (SSSR count). The number of hydrogen-bond acceptors (Lipinski definition) is 5. The molecule has 5 heteroatoms. The first kappa shape index (κ1) is 14.6. The van der Waals surface area contributed by atoms with Gasteiger partial charge in [-0.3, -0.25) is 0 Å². The zero-order valence-corrected chi connectivity index (χ0v) is 12.2. The van der Waals surface area contributed by atoms with Gasteiger partial charge in [-0.25, -0.2) is 0 Å². The summed E-state index contributed by atoms with van der Waals surface area (Å²) in [6.07, 6.45) is 3.25. The molecule has 1 atom stereocenters. The summed E-state index contributed by atoms with van der Waals surface area (Å²) in [5.74, 6) is 1.41. The van der Waals surface area contributed by atoms with Crippen LogP contribution in [0.5, 0.6) is 11.5 Å². The molecule has 0 amide bonds.